The average Bonchev–Trinajstić information content (AvgIpc) is 3.26. The molecule has 0 bridgehead atoms. The fraction of sp³-hybridized carbons (Fsp3) is 0.208. The summed E-state index contributed by atoms with van der Waals surface area (Å²) in [6, 6.07) is 19.0. The lowest BCUT2D eigenvalue weighted by molar-refractivity contribution is -0.115. The van der Waals surface area contributed by atoms with Gasteiger partial charge in [0.1, 0.15) is 0 Å². The molecule has 2 heterocycles. The Morgan fingerprint density at radius 1 is 1.00 bits per heavy atom. The van der Waals surface area contributed by atoms with Crippen molar-refractivity contribution in [2.24, 2.45) is 0 Å². The van der Waals surface area contributed by atoms with Gasteiger partial charge in [-0.1, -0.05) is 41.7 Å². The molecule has 1 saturated heterocycles. The Morgan fingerprint density at radius 3 is 2.66 bits per heavy atom. The number of thiazole rings is 1. The molecule has 3 aromatic carbocycles. The van der Waals surface area contributed by atoms with Gasteiger partial charge in [-0.3, -0.25) is 9.59 Å². The number of rotatable bonds is 5. The van der Waals surface area contributed by atoms with Crippen LogP contribution in [0.15, 0.2) is 60.7 Å². The first-order valence-electron chi connectivity index (χ1n) is 10.5. The molecule has 4 aromatic rings. The van der Waals surface area contributed by atoms with E-state index in [9.17, 15) is 9.59 Å². The molecule has 2 N–H and O–H groups in total. The summed E-state index contributed by atoms with van der Waals surface area (Å²) in [5.41, 5.74) is 2.11. The fourth-order valence-corrected chi connectivity index (χ4v) is 4.73. The number of hydrogen-bond acceptors (Lipinski definition) is 6. The smallest absolute Gasteiger partial charge is 0.251 e. The lowest BCUT2D eigenvalue weighted by atomic mass is 10.1. The summed E-state index contributed by atoms with van der Waals surface area (Å²) >= 11 is 1.60. The van der Waals surface area contributed by atoms with Crippen LogP contribution in [0.4, 0.5) is 10.8 Å². The number of carbonyl (C=O) groups is 2. The normalized spacial score (nSPS) is 13.9. The summed E-state index contributed by atoms with van der Waals surface area (Å²) in [5.74, 6) is -0.560. The lowest BCUT2D eigenvalue weighted by Crippen LogP contribution is -2.36. The van der Waals surface area contributed by atoms with Crippen LogP contribution in [0, 0.1) is 0 Å². The highest BCUT2D eigenvalue weighted by molar-refractivity contribution is 7.22. The Morgan fingerprint density at radius 2 is 1.81 bits per heavy atom. The second-order valence-electron chi connectivity index (χ2n) is 7.57. The van der Waals surface area contributed by atoms with Crippen LogP contribution in [0.2, 0.25) is 0 Å². The number of fused-ring (bicyclic) bond motifs is 2. The number of aromatic nitrogens is 1. The summed E-state index contributed by atoms with van der Waals surface area (Å²) in [7, 11) is 0. The molecule has 1 fully saturated rings. The maximum absolute atomic E-state index is 12.5. The van der Waals surface area contributed by atoms with E-state index >= 15 is 0 Å². The monoisotopic (exact) mass is 446 g/mol. The quantitative estimate of drug-likeness (QED) is 0.489. The average molecular weight is 447 g/mol. The van der Waals surface area contributed by atoms with E-state index in [0.29, 0.717) is 24.5 Å². The van der Waals surface area contributed by atoms with Crippen LogP contribution < -0.4 is 15.5 Å². The second kappa shape index (κ2) is 8.94. The molecule has 5 rings (SSSR count). The zero-order chi connectivity index (χ0) is 21.9. The Kier molecular flexibility index (Phi) is 5.70. The van der Waals surface area contributed by atoms with Crippen molar-refractivity contribution in [2.75, 3.05) is 43.1 Å². The number of morpholine rings is 1. The molecule has 0 aliphatic carbocycles. The predicted octanol–water partition coefficient (Wildman–Crippen LogP) is 3.65. The molecule has 0 saturated carbocycles. The third-order valence-corrected chi connectivity index (χ3v) is 6.44. The van der Waals surface area contributed by atoms with Crippen molar-refractivity contribution >= 4 is 55.0 Å². The van der Waals surface area contributed by atoms with Crippen LogP contribution in [-0.2, 0) is 9.53 Å². The van der Waals surface area contributed by atoms with Gasteiger partial charge in [0.25, 0.3) is 5.91 Å². The van der Waals surface area contributed by atoms with E-state index in [1.54, 1.807) is 17.4 Å². The molecular formula is C24H22N4O3S. The van der Waals surface area contributed by atoms with E-state index in [1.165, 1.54) is 0 Å². The number of carbonyl (C=O) groups excluding carboxylic acids is 2. The van der Waals surface area contributed by atoms with Gasteiger partial charge in [-0.05, 0) is 41.1 Å². The first kappa shape index (κ1) is 20.4. The highest BCUT2D eigenvalue weighted by Crippen LogP contribution is 2.31. The van der Waals surface area contributed by atoms with E-state index in [-0.39, 0.29) is 18.4 Å². The van der Waals surface area contributed by atoms with E-state index in [4.69, 9.17) is 9.72 Å². The number of nitrogens with one attached hydrogen (secondary N) is 2. The Bertz CT molecular complexity index is 1300. The van der Waals surface area contributed by atoms with Gasteiger partial charge in [0.05, 0.1) is 30.0 Å². The van der Waals surface area contributed by atoms with E-state index < -0.39 is 0 Å². The largest absolute Gasteiger partial charge is 0.378 e. The molecule has 162 valence electrons. The summed E-state index contributed by atoms with van der Waals surface area (Å²) in [5, 5.41) is 8.56. The second-order valence-corrected chi connectivity index (χ2v) is 8.58. The number of amides is 2. The van der Waals surface area contributed by atoms with Crippen molar-refractivity contribution in [3.8, 4) is 0 Å². The number of anilines is 2. The minimum atomic E-state index is -0.281. The van der Waals surface area contributed by atoms with Crippen molar-refractivity contribution in [3.63, 3.8) is 0 Å². The predicted molar refractivity (Wildman–Crippen MR) is 128 cm³/mol. The first-order valence-corrected chi connectivity index (χ1v) is 11.3. The Hall–Kier alpha value is -3.49. The summed E-state index contributed by atoms with van der Waals surface area (Å²) in [4.78, 5) is 31.8. The van der Waals surface area contributed by atoms with Crippen LogP contribution in [-0.4, -0.2) is 49.6 Å². The number of benzene rings is 3. The highest BCUT2D eigenvalue weighted by Gasteiger charge is 2.16. The molecule has 2 amide bonds. The molecule has 8 heteroatoms. The van der Waals surface area contributed by atoms with Crippen LogP contribution in [0.3, 0.4) is 0 Å². The van der Waals surface area contributed by atoms with Crippen molar-refractivity contribution < 1.29 is 14.3 Å². The maximum atomic E-state index is 12.5. The van der Waals surface area contributed by atoms with Crippen molar-refractivity contribution in [2.45, 2.75) is 0 Å². The van der Waals surface area contributed by atoms with Crippen LogP contribution in [0.5, 0.6) is 0 Å². The van der Waals surface area contributed by atoms with E-state index in [2.05, 4.69) is 15.5 Å². The van der Waals surface area contributed by atoms with Crippen LogP contribution in [0.25, 0.3) is 21.0 Å². The number of nitrogens with zero attached hydrogens (tertiary/aromatic N) is 2. The minimum absolute atomic E-state index is 0.106. The first-order chi connectivity index (χ1) is 15.7. The summed E-state index contributed by atoms with van der Waals surface area (Å²) < 4.78 is 6.41. The molecule has 7 nitrogen and oxygen atoms in total. The van der Waals surface area contributed by atoms with Gasteiger partial charge < -0.3 is 20.3 Å². The Balaban J connectivity index is 1.20. The molecule has 0 unspecified atom stereocenters. The third kappa shape index (κ3) is 4.42. The number of hydrogen-bond donors (Lipinski definition) is 2. The molecule has 1 aliphatic heterocycles. The standard InChI is InChI=1S/C24H22N4O3S/c29-22(15-25-23(30)18-6-5-16-3-1-2-4-17(16)13-18)26-19-7-8-20-21(14-19)32-24(27-20)28-9-11-31-12-10-28/h1-8,13-14H,9-12,15H2,(H,25,30)(H,26,29). The molecule has 0 spiro atoms. The zero-order valence-electron chi connectivity index (χ0n) is 17.3. The third-order valence-electron chi connectivity index (χ3n) is 5.36. The zero-order valence-corrected chi connectivity index (χ0v) is 18.2. The molecule has 1 aromatic heterocycles. The Labute approximate surface area is 189 Å². The maximum Gasteiger partial charge on any atom is 0.251 e. The highest BCUT2D eigenvalue weighted by atomic mass is 32.1. The van der Waals surface area contributed by atoms with Crippen molar-refractivity contribution in [3.05, 3.63) is 66.2 Å². The van der Waals surface area contributed by atoms with Crippen molar-refractivity contribution in [1.29, 1.82) is 0 Å². The minimum Gasteiger partial charge on any atom is -0.378 e. The van der Waals surface area contributed by atoms with E-state index in [1.807, 2.05) is 54.6 Å². The van der Waals surface area contributed by atoms with E-state index in [0.717, 1.165) is 39.2 Å². The summed E-state index contributed by atoms with van der Waals surface area (Å²) in [6.07, 6.45) is 0. The summed E-state index contributed by atoms with van der Waals surface area (Å²) in [6.45, 7) is 2.98. The van der Waals surface area contributed by atoms with Gasteiger partial charge in [-0.25, -0.2) is 4.98 Å². The molecule has 32 heavy (non-hydrogen) atoms. The number of ether oxygens (including phenoxy) is 1. The van der Waals surface area contributed by atoms with Gasteiger partial charge in [-0.15, -0.1) is 0 Å². The topological polar surface area (TPSA) is 83.6 Å². The van der Waals surface area contributed by atoms with Gasteiger partial charge in [-0.2, -0.15) is 0 Å². The lowest BCUT2D eigenvalue weighted by Gasteiger charge is -2.25. The molecule has 0 atom stereocenters. The SMILES string of the molecule is O=C(CNC(=O)c1ccc2ccccc2c1)Nc1ccc2nc(N3CCOCC3)sc2c1. The van der Waals surface area contributed by atoms with Crippen LogP contribution >= 0.6 is 11.3 Å². The van der Waals surface area contributed by atoms with Gasteiger partial charge >= 0.3 is 0 Å². The molecule has 1 aliphatic rings. The van der Waals surface area contributed by atoms with Gasteiger partial charge in [0.2, 0.25) is 5.91 Å². The van der Waals surface area contributed by atoms with Gasteiger partial charge in [0, 0.05) is 24.3 Å². The van der Waals surface area contributed by atoms with Crippen molar-refractivity contribution in [1.82, 2.24) is 10.3 Å². The van der Waals surface area contributed by atoms with Crippen LogP contribution in [0.1, 0.15) is 10.4 Å². The molecule has 0 radical (unpaired) electrons. The fourth-order valence-electron chi connectivity index (χ4n) is 3.68. The van der Waals surface area contributed by atoms with Gasteiger partial charge in [0.15, 0.2) is 5.13 Å². The molecular weight excluding hydrogens is 424 g/mol.